The Kier molecular flexibility index (Phi) is 2.54. The van der Waals surface area contributed by atoms with Crippen LogP contribution in [-0.4, -0.2) is 16.3 Å². The van der Waals surface area contributed by atoms with Crippen LogP contribution < -0.4 is 4.43 Å². The predicted octanol–water partition coefficient (Wildman–Crippen LogP) is 1.60. The van der Waals surface area contributed by atoms with E-state index in [1.54, 1.807) is 0 Å². The van der Waals surface area contributed by atoms with Crippen LogP contribution in [0.1, 0.15) is 25.3 Å². The summed E-state index contributed by atoms with van der Waals surface area (Å²) in [6, 6.07) is 8.60. The van der Waals surface area contributed by atoms with Gasteiger partial charge in [-0.1, -0.05) is 38.1 Å². The average molecular weight is 146 g/mol. The summed E-state index contributed by atoms with van der Waals surface area (Å²) in [5, 5.41) is 0. The zero-order chi connectivity index (χ0) is 7.56. The van der Waals surface area contributed by atoms with Crippen molar-refractivity contribution in [2.75, 3.05) is 0 Å². The van der Waals surface area contributed by atoms with E-state index in [9.17, 15) is 0 Å². The number of hydrogen-bond acceptors (Lipinski definition) is 0. The van der Waals surface area contributed by atoms with Gasteiger partial charge in [0.1, 0.15) is 0 Å². The van der Waals surface area contributed by atoms with Crippen LogP contribution in [0.5, 0.6) is 0 Å². The van der Waals surface area contributed by atoms with Crippen molar-refractivity contribution in [3.8, 4) is 0 Å². The Morgan fingerprint density at radius 1 is 1.10 bits per heavy atom. The molecule has 1 aromatic rings. The highest BCUT2D eigenvalue weighted by Gasteiger charge is 1.94. The lowest BCUT2D eigenvalue weighted by molar-refractivity contribution is 0.867. The molecule has 0 aromatic heterocycles. The van der Waals surface area contributed by atoms with E-state index in [4.69, 9.17) is 0 Å². The Morgan fingerprint density at radius 3 is 2.00 bits per heavy atom. The fourth-order valence-electron chi connectivity index (χ4n) is 0.881. The quantitative estimate of drug-likeness (QED) is 0.528. The van der Waals surface area contributed by atoms with Gasteiger partial charge in [0.25, 0.3) is 0 Å². The molecule has 1 heteroatoms. The van der Waals surface area contributed by atoms with Crippen LogP contribution in [0.2, 0.25) is 0 Å². The molecule has 0 amide bonds. The molecule has 10 heavy (non-hydrogen) atoms. The highest BCUT2D eigenvalue weighted by molar-refractivity contribution is 6.32. The summed E-state index contributed by atoms with van der Waals surface area (Å²) in [5.74, 6) is 0.644. The summed E-state index contributed by atoms with van der Waals surface area (Å²) in [5.41, 5.74) is 1.41. The Morgan fingerprint density at radius 2 is 1.60 bits per heavy atom. The molecule has 1 rings (SSSR count). The van der Waals surface area contributed by atoms with Crippen LogP contribution >= 0.6 is 0 Å². The number of hydrogen-bond donors (Lipinski definition) is 0. The molecule has 0 bridgehead atoms. The van der Waals surface area contributed by atoms with Crippen molar-refractivity contribution in [2.24, 2.45) is 0 Å². The molecule has 0 saturated carbocycles. The maximum atomic E-state index is 2.68. The van der Waals surface area contributed by atoms with Gasteiger partial charge in [-0.25, -0.2) is 0 Å². The second-order valence-corrected chi connectivity index (χ2v) is 3.49. The summed E-state index contributed by atoms with van der Waals surface area (Å²) in [6.45, 7) is 4.41. The van der Waals surface area contributed by atoms with Gasteiger partial charge in [-0.3, -0.25) is 0 Å². The van der Waals surface area contributed by atoms with E-state index in [0.717, 1.165) is 0 Å². The van der Waals surface area contributed by atoms with Gasteiger partial charge in [0.2, 0.25) is 0 Å². The zero-order valence-corrected chi connectivity index (χ0v) is 7.62. The van der Waals surface area contributed by atoms with E-state index in [0.29, 0.717) is 5.92 Å². The first-order chi connectivity index (χ1) is 4.70. The molecule has 50 valence electrons. The molecule has 1 aromatic carbocycles. The van der Waals surface area contributed by atoms with Gasteiger partial charge < -0.3 is 0 Å². The number of benzene rings is 1. The van der Waals surface area contributed by atoms with Gasteiger partial charge >= 0.3 is 0 Å². The van der Waals surface area contributed by atoms with E-state index in [2.05, 4.69) is 54.4 Å². The first-order valence-electron chi connectivity index (χ1n) is 3.55. The minimum atomic E-state index is 0.644. The van der Waals surface area contributed by atoms with Crippen LogP contribution in [0.3, 0.4) is 0 Å². The van der Waals surface area contributed by atoms with Crippen LogP contribution in [-0.2, 0) is 0 Å². The molecule has 0 unspecified atom stereocenters. The Hall–Kier alpha value is -0.248. The third-order valence-electron chi connectivity index (χ3n) is 1.60. The second kappa shape index (κ2) is 3.23. The third kappa shape index (κ3) is 1.87. The van der Waals surface area contributed by atoms with Crippen molar-refractivity contribution in [1.29, 1.82) is 0 Å². The molecule has 0 aliphatic rings. The lowest BCUT2D eigenvalue weighted by Crippen LogP contribution is -2.00. The molecule has 0 aliphatic heterocycles. The van der Waals surface area contributed by atoms with Crippen molar-refractivity contribution in [3.05, 3.63) is 29.8 Å². The van der Waals surface area contributed by atoms with E-state index < -0.39 is 0 Å². The molecular weight excluding hydrogens is 135 g/mol. The lowest BCUT2D eigenvalue weighted by Gasteiger charge is -2.04. The fourth-order valence-corrected chi connectivity index (χ4v) is 1.07. The van der Waals surface area contributed by atoms with Crippen molar-refractivity contribution < 1.29 is 0 Å². The van der Waals surface area contributed by atoms with E-state index in [-0.39, 0.29) is 0 Å². The summed E-state index contributed by atoms with van der Waals surface area (Å²) < 4.78 is 1.25. The van der Waals surface area contributed by atoms with Gasteiger partial charge in [0.15, 0.2) is 16.3 Å². The first kappa shape index (κ1) is 7.86. The molecule has 0 nitrogen and oxygen atoms in total. The average Bonchev–Trinajstić information content (AvgIpc) is 1.88. The summed E-state index contributed by atoms with van der Waals surface area (Å²) in [7, 11) is 0. The van der Waals surface area contributed by atoms with Crippen molar-refractivity contribution in [2.45, 2.75) is 19.8 Å². The minimum absolute atomic E-state index is 0.644. The van der Waals surface area contributed by atoms with Crippen molar-refractivity contribution >= 4 is 20.7 Å². The largest absolute Gasteiger partial charge is 0.175 e. The lowest BCUT2D eigenvalue weighted by atomic mass is 10.0. The topological polar surface area (TPSA) is 0 Å². The zero-order valence-electron chi connectivity index (χ0n) is 6.46. The van der Waals surface area contributed by atoms with E-state index in [1.165, 1.54) is 9.99 Å². The standard InChI is InChI=1S/C9H11.Al/c1-8(2)9-6-4-3-5-7-9;/h4-8H,1-2H3;. The molecule has 0 heterocycles. The summed E-state index contributed by atoms with van der Waals surface area (Å²) in [4.78, 5) is 0. The minimum Gasteiger partial charge on any atom is -0.139 e. The summed E-state index contributed by atoms with van der Waals surface area (Å²) in [6.07, 6.45) is 0. The fraction of sp³-hybridized carbons (Fsp3) is 0.333. The van der Waals surface area contributed by atoms with Gasteiger partial charge in [0, 0.05) is 0 Å². The van der Waals surface area contributed by atoms with Crippen LogP contribution in [0.25, 0.3) is 0 Å². The Balaban J connectivity index is 2.89. The first-order valence-corrected chi connectivity index (χ1v) is 4.13. The van der Waals surface area contributed by atoms with Crippen molar-refractivity contribution in [1.82, 2.24) is 0 Å². The van der Waals surface area contributed by atoms with Gasteiger partial charge in [-0.05, 0) is 11.5 Å². The maximum absolute atomic E-state index is 2.68. The maximum Gasteiger partial charge on any atom is 0.175 e. The van der Waals surface area contributed by atoms with E-state index >= 15 is 0 Å². The molecule has 0 atom stereocenters. The van der Waals surface area contributed by atoms with Gasteiger partial charge in [-0.15, -0.1) is 4.43 Å². The molecule has 2 radical (unpaired) electrons. The SMILES string of the molecule is CC(C)c1cc[c]([Al])cc1. The second-order valence-electron chi connectivity index (χ2n) is 2.82. The summed E-state index contributed by atoms with van der Waals surface area (Å²) >= 11 is 2.68. The monoisotopic (exact) mass is 146 g/mol. The normalized spacial score (nSPS) is 10.3. The Labute approximate surface area is 70.7 Å². The Bertz CT molecular complexity index is 198. The third-order valence-corrected chi connectivity index (χ3v) is 1.99. The number of rotatable bonds is 1. The van der Waals surface area contributed by atoms with E-state index in [1.807, 2.05) is 0 Å². The van der Waals surface area contributed by atoms with Gasteiger partial charge in [-0.2, -0.15) is 0 Å². The van der Waals surface area contributed by atoms with Gasteiger partial charge in [0.05, 0.1) is 0 Å². The molecule has 0 spiro atoms. The van der Waals surface area contributed by atoms with Crippen LogP contribution in [0.4, 0.5) is 0 Å². The molecule has 0 saturated heterocycles. The highest BCUT2D eigenvalue weighted by Crippen LogP contribution is 2.10. The molecular formula is C9H11Al. The molecule has 0 fully saturated rings. The predicted molar refractivity (Wildman–Crippen MR) is 45.9 cm³/mol. The molecule has 0 aliphatic carbocycles. The van der Waals surface area contributed by atoms with Crippen molar-refractivity contribution in [3.63, 3.8) is 0 Å². The molecule has 0 N–H and O–H groups in total. The highest BCUT2D eigenvalue weighted by atomic mass is 27.0. The smallest absolute Gasteiger partial charge is 0.139 e. The van der Waals surface area contributed by atoms with Crippen LogP contribution in [0, 0.1) is 0 Å². The van der Waals surface area contributed by atoms with Crippen LogP contribution in [0.15, 0.2) is 24.3 Å².